The lowest BCUT2D eigenvalue weighted by Crippen LogP contribution is -2.29. The van der Waals surface area contributed by atoms with Crippen LogP contribution in [0.2, 0.25) is 0 Å². The fourth-order valence-electron chi connectivity index (χ4n) is 3.07. The summed E-state index contributed by atoms with van der Waals surface area (Å²) in [5, 5.41) is 3.51. The largest absolute Gasteiger partial charge is 0.369 e. The van der Waals surface area contributed by atoms with Crippen LogP contribution in [0.25, 0.3) is 0 Å². The Morgan fingerprint density at radius 1 is 1.29 bits per heavy atom. The summed E-state index contributed by atoms with van der Waals surface area (Å²) in [6.45, 7) is 6.50. The lowest BCUT2D eigenvalue weighted by Gasteiger charge is -2.31. The van der Waals surface area contributed by atoms with Crippen molar-refractivity contribution < 1.29 is 4.74 Å². The second kappa shape index (κ2) is 8.92. The minimum absolute atomic E-state index is 0.167. The predicted octanol–water partition coefficient (Wildman–Crippen LogP) is 5.09. The molecule has 1 aliphatic rings. The first-order valence-electron chi connectivity index (χ1n) is 8.30. The van der Waals surface area contributed by atoms with E-state index in [0.717, 1.165) is 29.9 Å². The Kier molecular flexibility index (Phi) is 7.21. The van der Waals surface area contributed by atoms with Gasteiger partial charge in [0.2, 0.25) is 0 Å². The Morgan fingerprint density at radius 2 is 2.05 bits per heavy atom. The van der Waals surface area contributed by atoms with Crippen molar-refractivity contribution in [1.29, 1.82) is 0 Å². The van der Waals surface area contributed by atoms with E-state index in [4.69, 9.17) is 4.74 Å². The van der Waals surface area contributed by atoms with Crippen LogP contribution >= 0.6 is 15.9 Å². The van der Waals surface area contributed by atoms with Crippen molar-refractivity contribution in [3.05, 3.63) is 34.3 Å². The highest BCUT2D eigenvalue weighted by Gasteiger charge is 2.23. The van der Waals surface area contributed by atoms with Gasteiger partial charge in [0, 0.05) is 11.0 Å². The molecule has 0 heterocycles. The first-order chi connectivity index (χ1) is 10.2. The maximum Gasteiger partial charge on any atom is 0.0952 e. The normalized spacial score (nSPS) is 24.0. The summed E-state index contributed by atoms with van der Waals surface area (Å²) >= 11 is 3.51. The van der Waals surface area contributed by atoms with Crippen LogP contribution in [0.3, 0.4) is 0 Å². The van der Waals surface area contributed by atoms with Crippen molar-refractivity contribution >= 4 is 15.9 Å². The molecule has 0 aromatic heterocycles. The van der Waals surface area contributed by atoms with Gasteiger partial charge in [-0.15, -0.1) is 0 Å². The van der Waals surface area contributed by atoms with Gasteiger partial charge >= 0.3 is 0 Å². The van der Waals surface area contributed by atoms with Gasteiger partial charge in [-0.2, -0.15) is 0 Å². The number of rotatable bonds is 7. The molecule has 1 aliphatic carbocycles. The molecule has 1 aromatic rings. The van der Waals surface area contributed by atoms with E-state index in [1.165, 1.54) is 31.2 Å². The van der Waals surface area contributed by atoms with Gasteiger partial charge < -0.3 is 10.1 Å². The predicted molar refractivity (Wildman–Crippen MR) is 92.5 cm³/mol. The molecule has 0 aliphatic heterocycles. The average Bonchev–Trinajstić information content (AvgIpc) is 2.47. The number of ether oxygens (including phenoxy) is 1. The number of halogens is 1. The van der Waals surface area contributed by atoms with Gasteiger partial charge in [0.05, 0.1) is 12.2 Å². The molecule has 21 heavy (non-hydrogen) atoms. The number of benzene rings is 1. The standard InChI is InChI=1S/C18H28BrNO/c1-3-11-20-13-18(15-7-9-16(19)10-8-15)21-17-6-4-5-14(2)12-17/h7-10,14,17-18,20H,3-6,11-13H2,1-2H3. The first kappa shape index (κ1) is 17.0. The summed E-state index contributed by atoms with van der Waals surface area (Å²) in [4.78, 5) is 0. The van der Waals surface area contributed by atoms with Crippen LogP contribution in [0.1, 0.15) is 57.6 Å². The highest BCUT2D eigenvalue weighted by Crippen LogP contribution is 2.30. The number of hydrogen-bond donors (Lipinski definition) is 1. The Morgan fingerprint density at radius 3 is 2.71 bits per heavy atom. The lowest BCUT2D eigenvalue weighted by atomic mass is 9.88. The van der Waals surface area contributed by atoms with Gasteiger partial charge in [-0.05, 0) is 49.4 Å². The Balaban J connectivity index is 1.98. The summed E-state index contributed by atoms with van der Waals surface area (Å²) in [7, 11) is 0. The highest BCUT2D eigenvalue weighted by molar-refractivity contribution is 9.10. The summed E-state index contributed by atoms with van der Waals surface area (Å²) in [5.74, 6) is 0.804. The molecular formula is C18H28BrNO. The highest BCUT2D eigenvalue weighted by atomic mass is 79.9. The van der Waals surface area contributed by atoms with Crippen molar-refractivity contribution in [3.8, 4) is 0 Å². The van der Waals surface area contributed by atoms with Gasteiger partial charge in [-0.25, -0.2) is 0 Å². The van der Waals surface area contributed by atoms with Crippen LogP contribution in [-0.2, 0) is 4.74 Å². The van der Waals surface area contributed by atoms with Crippen LogP contribution < -0.4 is 5.32 Å². The van der Waals surface area contributed by atoms with Crippen molar-refractivity contribution in [1.82, 2.24) is 5.32 Å². The summed E-state index contributed by atoms with van der Waals surface area (Å²) in [5.41, 5.74) is 1.28. The van der Waals surface area contributed by atoms with Crippen LogP contribution in [0.4, 0.5) is 0 Å². The summed E-state index contributed by atoms with van der Waals surface area (Å²) < 4.78 is 7.58. The van der Waals surface area contributed by atoms with E-state index in [2.05, 4.69) is 59.4 Å². The molecule has 0 bridgehead atoms. The Hall–Kier alpha value is -0.380. The summed E-state index contributed by atoms with van der Waals surface area (Å²) in [6, 6.07) is 8.56. The molecule has 118 valence electrons. The third-order valence-corrected chi connectivity index (χ3v) is 4.77. The Bertz CT molecular complexity index is 406. The van der Waals surface area contributed by atoms with Crippen molar-refractivity contribution in [2.24, 2.45) is 5.92 Å². The topological polar surface area (TPSA) is 21.3 Å². The van der Waals surface area contributed by atoms with Gasteiger partial charge in [-0.1, -0.05) is 54.8 Å². The second-order valence-corrected chi connectivity index (χ2v) is 7.19. The van der Waals surface area contributed by atoms with E-state index in [9.17, 15) is 0 Å². The third kappa shape index (κ3) is 5.72. The molecule has 1 aromatic carbocycles. The fourth-order valence-corrected chi connectivity index (χ4v) is 3.33. The monoisotopic (exact) mass is 353 g/mol. The number of nitrogens with one attached hydrogen (secondary N) is 1. The van der Waals surface area contributed by atoms with E-state index in [1.807, 2.05) is 0 Å². The quantitative estimate of drug-likeness (QED) is 0.689. The van der Waals surface area contributed by atoms with Crippen molar-refractivity contribution in [2.45, 2.75) is 58.2 Å². The van der Waals surface area contributed by atoms with E-state index < -0.39 is 0 Å². The van der Waals surface area contributed by atoms with Crippen molar-refractivity contribution in [3.63, 3.8) is 0 Å². The molecule has 2 rings (SSSR count). The zero-order chi connectivity index (χ0) is 15.1. The molecule has 1 N–H and O–H groups in total. The molecule has 3 unspecified atom stereocenters. The second-order valence-electron chi connectivity index (χ2n) is 6.27. The van der Waals surface area contributed by atoms with Gasteiger partial charge in [0.15, 0.2) is 0 Å². The van der Waals surface area contributed by atoms with Crippen LogP contribution in [-0.4, -0.2) is 19.2 Å². The maximum absolute atomic E-state index is 6.46. The third-order valence-electron chi connectivity index (χ3n) is 4.24. The molecule has 0 radical (unpaired) electrons. The van der Waals surface area contributed by atoms with Gasteiger partial charge in [-0.3, -0.25) is 0 Å². The maximum atomic E-state index is 6.46. The fraction of sp³-hybridized carbons (Fsp3) is 0.667. The van der Waals surface area contributed by atoms with E-state index in [0.29, 0.717) is 6.10 Å². The van der Waals surface area contributed by atoms with Crippen molar-refractivity contribution in [2.75, 3.05) is 13.1 Å². The van der Waals surface area contributed by atoms with E-state index in [-0.39, 0.29) is 6.10 Å². The average molecular weight is 354 g/mol. The van der Waals surface area contributed by atoms with Gasteiger partial charge in [0.1, 0.15) is 0 Å². The number of hydrogen-bond acceptors (Lipinski definition) is 2. The molecule has 1 saturated carbocycles. The SMILES string of the molecule is CCCNCC(OC1CCCC(C)C1)c1ccc(Br)cc1. The minimum Gasteiger partial charge on any atom is -0.369 e. The van der Waals surface area contributed by atoms with Crippen LogP contribution in [0.5, 0.6) is 0 Å². The molecule has 0 saturated heterocycles. The summed E-state index contributed by atoms with van der Waals surface area (Å²) in [6.07, 6.45) is 6.84. The smallest absolute Gasteiger partial charge is 0.0952 e. The molecule has 3 heteroatoms. The molecule has 1 fully saturated rings. The molecule has 0 spiro atoms. The van der Waals surface area contributed by atoms with Gasteiger partial charge in [0.25, 0.3) is 0 Å². The zero-order valence-electron chi connectivity index (χ0n) is 13.3. The lowest BCUT2D eigenvalue weighted by molar-refractivity contribution is -0.0394. The minimum atomic E-state index is 0.167. The zero-order valence-corrected chi connectivity index (χ0v) is 14.9. The van der Waals surface area contributed by atoms with Crippen LogP contribution in [0, 0.1) is 5.92 Å². The van der Waals surface area contributed by atoms with E-state index >= 15 is 0 Å². The molecule has 0 amide bonds. The first-order valence-corrected chi connectivity index (χ1v) is 9.10. The van der Waals surface area contributed by atoms with Crippen LogP contribution in [0.15, 0.2) is 28.7 Å². The Labute approximate surface area is 137 Å². The molecule has 2 nitrogen and oxygen atoms in total. The molecule has 3 atom stereocenters. The molecular weight excluding hydrogens is 326 g/mol. The van der Waals surface area contributed by atoms with E-state index in [1.54, 1.807) is 0 Å².